The van der Waals surface area contributed by atoms with Crippen molar-refractivity contribution in [2.24, 2.45) is 0 Å². The number of methoxy groups -OCH3 is 1. The Morgan fingerprint density at radius 1 is 1.47 bits per heavy atom. The van der Waals surface area contributed by atoms with Crippen molar-refractivity contribution >= 4 is 11.7 Å². The first-order valence-corrected chi connectivity index (χ1v) is 6.66. The lowest BCUT2D eigenvalue weighted by atomic mass is 9.98. The molecular formula is C15H21NO3. The summed E-state index contributed by atoms with van der Waals surface area (Å²) in [5, 5.41) is 9.32. The fourth-order valence-electron chi connectivity index (χ4n) is 2.76. The molecule has 0 saturated carbocycles. The molecule has 0 amide bonds. The summed E-state index contributed by atoms with van der Waals surface area (Å²) in [6.07, 6.45) is 2.15. The van der Waals surface area contributed by atoms with Crippen molar-refractivity contribution in [2.45, 2.75) is 38.8 Å². The van der Waals surface area contributed by atoms with Crippen LogP contribution < -0.4 is 4.90 Å². The van der Waals surface area contributed by atoms with Gasteiger partial charge in [0.15, 0.2) is 0 Å². The highest BCUT2D eigenvalue weighted by Crippen LogP contribution is 2.29. The number of carboxylic acid groups (broad SMARTS) is 1. The van der Waals surface area contributed by atoms with E-state index in [0.29, 0.717) is 11.6 Å². The normalized spacial score (nSPS) is 23.4. The summed E-state index contributed by atoms with van der Waals surface area (Å²) in [5.41, 5.74) is 2.30. The second-order valence-electron chi connectivity index (χ2n) is 5.25. The number of ether oxygens (including phenoxy) is 1. The molecular weight excluding hydrogens is 242 g/mol. The molecule has 1 saturated heterocycles. The summed E-state index contributed by atoms with van der Waals surface area (Å²) in [5.74, 6) is -0.865. The van der Waals surface area contributed by atoms with Crippen molar-refractivity contribution in [3.05, 3.63) is 29.3 Å². The Hall–Kier alpha value is -1.55. The van der Waals surface area contributed by atoms with Gasteiger partial charge in [-0.2, -0.15) is 0 Å². The smallest absolute Gasteiger partial charge is 0.337 e. The number of rotatable bonds is 3. The van der Waals surface area contributed by atoms with E-state index in [1.807, 2.05) is 19.1 Å². The summed E-state index contributed by atoms with van der Waals surface area (Å²) in [6.45, 7) is 4.95. The third-order valence-corrected chi connectivity index (χ3v) is 3.85. The van der Waals surface area contributed by atoms with Crippen molar-refractivity contribution in [1.29, 1.82) is 0 Å². The van der Waals surface area contributed by atoms with E-state index in [0.717, 1.165) is 30.6 Å². The predicted octanol–water partition coefficient (Wildman–Crippen LogP) is 2.70. The summed E-state index contributed by atoms with van der Waals surface area (Å²) >= 11 is 0. The minimum atomic E-state index is -0.865. The molecule has 104 valence electrons. The van der Waals surface area contributed by atoms with E-state index in [-0.39, 0.29) is 6.10 Å². The Morgan fingerprint density at radius 3 is 2.79 bits per heavy atom. The van der Waals surface area contributed by atoms with E-state index >= 15 is 0 Å². The van der Waals surface area contributed by atoms with Crippen LogP contribution in [0, 0.1) is 6.92 Å². The van der Waals surface area contributed by atoms with Crippen molar-refractivity contribution < 1.29 is 14.6 Å². The number of carboxylic acids is 1. The number of hydrogen-bond donors (Lipinski definition) is 1. The van der Waals surface area contributed by atoms with Crippen LogP contribution in [0.4, 0.5) is 5.69 Å². The van der Waals surface area contributed by atoms with Gasteiger partial charge in [-0.05, 0) is 44.4 Å². The van der Waals surface area contributed by atoms with Crippen LogP contribution in [-0.4, -0.2) is 36.9 Å². The highest BCUT2D eigenvalue weighted by atomic mass is 16.5. The Balaban J connectivity index is 2.31. The van der Waals surface area contributed by atoms with Gasteiger partial charge in [0.2, 0.25) is 0 Å². The number of nitrogens with zero attached hydrogens (tertiary/aromatic N) is 1. The van der Waals surface area contributed by atoms with E-state index < -0.39 is 5.97 Å². The second-order valence-corrected chi connectivity index (χ2v) is 5.25. The number of aryl methyl sites for hydroxylation is 1. The molecule has 1 fully saturated rings. The van der Waals surface area contributed by atoms with Gasteiger partial charge in [0.05, 0.1) is 17.4 Å². The third kappa shape index (κ3) is 2.89. The van der Waals surface area contributed by atoms with Crippen LogP contribution in [0.1, 0.15) is 35.7 Å². The van der Waals surface area contributed by atoms with Crippen molar-refractivity contribution in [3.63, 3.8) is 0 Å². The molecule has 1 aromatic carbocycles. The molecule has 0 aliphatic carbocycles. The Kier molecular flexibility index (Phi) is 4.10. The first-order chi connectivity index (χ1) is 9.02. The average molecular weight is 263 g/mol. The number of hydrogen-bond acceptors (Lipinski definition) is 3. The number of aromatic carboxylic acids is 1. The van der Waals surface area contributed by atoms with E-state index in [9.17, 15) is 9.90 Å². The maximum atomic E-state index is 11.4. The van der Waals surface area contributed by atoms with Gasteiger partial charge in [-0.1, -0.05) is 6.07 Å². The van der Waals surface area contributed by atoms with Crippen LogP contribution in [0.25, 0.3) is 0 Å². The number of benzene rings is 1. The molecule has 4 heteroatoms. The fraction of sp³-hybridized carbons (Fsp3) is 0.533. The van der Waals surface area contributed by atoms with Crippen molar-refractivity contribution in [2.75, 3.05) is 18.6 Å². The maximum absolute atomic E-state index is 11.4. The van der Waals surface area contributed by atoms with Crippen molar-refractivity contribution in [1.82, 2.24) is 0 Å². The molecule has 2 unspecified atom stereocenters. The highest BCUT2D eigenvalue weighted by molar-refractivity contribution is 5.94. The first kappa shape index (κ1) is 13.9. The molecule has 2 rings (SSSR count). The lowest BCUT2D eigenvalue weighted by Gasteiger charge is -2.39. The van der Waals surface area contributed by atoms with E-state index in [1.54, 1.807) is 13.2 Å². The van der Waals surface area contributed by atoms with Gasteiger partial charge in [-0.15, -0.1) is 0 Å². The lowest BCUT2D eigenvalue weighted by molar-refractivity contribution is 0.0691. The topological polar surface area (TPSA) is 49.8 Å². The predicted molar refractivity (Wildman–Crippen MR) is 75.0 cm³/mol. The van der Waals surface area contributed by atoms with Crippen LogP contribution in [0.15, 0.2) is 18.2 Å². The zero-order chi connectivity index (χ0) is 14.0. The highest BCUT2D eigenvalue weighted by Gasteiger charge is 2.28. The molecule has 0 radical (unpaired) electrons. The number of piperidine rings is 1. The third-order valence-electron chi connectivity index (χ3n) is 3.85. The SMILES string of the molecule is COC1CCN(c2cc(C)ccc2C(=O)O)C(C)C1. The van der Waals surface area contributed by atoms with E-state index in [2.05, 4.69) is 11.8 Å². The van der Waals surface area contributed by atoms with Crippen LogP contribution in [0.2, 0.25) is 0 Å². The summed E-state index contributed by atoms with van der Waals surface area (Å²) in [4.78, 5) is 13.5. The van der Waals surface area contributed by atoms with Gasteiger partial charge in [0.25, 0.3) is 0 Å². The molecule has 1 aliphatic rings. The Bertz CT molecular complexity index is 472. The summed E-state index contributed by atoms with van der Waals surface area (Å²) < 4.78 is 5.40. The quantitative estimate of drug-likeness (QED) is 0.911. The zero-order valence-corrected chi connectivity index (χ0v) is 11.7. The van der Waals surface area contributed by atoms with E-state index in [1.165, 1.54) is 0 Å². The Morgan fingerprint density at radius 2 is 2.21 bits per heavy atom. The standard InChI is InChI=1S/C15H21NO3/c1-10-4-5-13(15(17)18)14(8-10)16-7-6-12(19-3)9-11(16)2/h4-5,8,11-12H,6-7,9H2,1-3H3,(H,17,18). The first-order valence-electron chi connectivity index (χ1n) is 6.66. The molecule has 1 heterocycles. The number of anilines is 1. The molecule has 1 N–H and O–H groups in total. The largest absolute Gasteiger partial charge is 0.478 e. The van der Waals surface area contributed by atoms with Gasteiger partial charge in [0, 0.05) is 19.7 Å². The van der Waals surface area contributed by atoms with Crippen LogP contribution in [-0.2, 0) is 4.74 Å². The Labute approximate surface area is 114 Å². The fourth-order valence-corrected chi connectivity index (χ4v) is 2.76. The van der Waals surface area contributed by atoms with Gasteiger partial charge in [-0.25, -0.2) is 4.79 Å². The minimum Gasteiger partial charge on any atom is -0.478 e. The number of carbonyl (C=O) groups is 1. The lowest BCUT2D eigenvalue weighted by Crippen LogP contribution is -2.44. The zero-order valence-electron chi connectivity index (χ0n) is 11.7. The van der Waals surface area contributed by atoms with Gasteiger partial charge >= 0.3 is 5.97 Å². The monoisotopic (exact) mass is 263 g/mol. The summed E-state index contributed by atoms with van der Waals surface area (Å²) in [7, 11) is 1.74. The van der Waals surface area contributed by atoms with Gasteiger partial charge in [0.1, 0.15) is 0 Å². The second kappa shape index (κ2) is 5.61. The van der Waals surface area contributed by atoms with Crippen LogP contribution in [0.3, 0.4) is 0 Å². The molecule has 4 nitrogen and oxygen atoms in total. The molecule has 0 spiro atoms. The molecule has 0 bridgehead atoms. The van der Waals surface area contributed by atoms with E-state index in [4.69, 9.17) is 4.74 Å². The molecule has 0 aromatic heterocycles. The average Bonchev–Trinajstić information content (AvgIpc) is 2.38. The molecule has 19 heavy (non-hydrogen) atoms. The molecule has 1 aromatic rings. The molecule has 2 atom stereocenters. The maximum Gasteiger partial charge on any atom is 0.337 e. The van der Waals surface area contributed by atoms with Crippen LogP contribution >= 0.6 is 0 Å². The molecule has 1 aliphatic heterocycles. The summed E-state index contributed by atoms with van der Waals surface area (Å²) in [6, 6.07) is 5.80. The minimum absolute atomic E-state index is 0.282. The van der Waals surface area contributed by atoms with Gasteiger partial charge in [-0.3, -0.25) is 0 Å². The van der Waals surface area contributed by atoms with Crippen LogP contribution in [0.5, 0.6) is 0 Å². The van der Waals surface area contributed by atoms with Gasteiger partial charge < -0.3 is 14.7 Å². The van der Waals surface area contributed by atoms with Crippen molar-refractivity contribution in [3.8, 4) is 0 Å².